The molecule has 2 aliphatic rings. The number of thiophene rings is 1. The Labute approximate surface area is 321 Å². The molecule has 0 amide bonds. The number of hydrogen-bond donors (Lipinski definition) is 0. The van der Waals surface area contributed by atoms with Crippen LogP contribution in [0, 0.1) is 27.7 Å². The summed E-state index contributed by atoms with van der Waals surface area (Å²) in [6.45, 7) is 18.6. The fourth-order valence-electron chi connectivity index (χ4n) is 9.89. The average Bonchev–Trinajstić information content (AvgIpc) is 3.69. The molecule has 2 aliphatic heterocycles. The molecule has 4 aromatic carbocycles. The van der Waals surface area contributed by atoms with E-state index in [0.717, 1.165) is 36.1 Å². The van der Waals surface area contributed by atoms with Gasteiger partial charge in [0.1, 0.15) is 11.2 Å². The Morgan fingerprint density at radius 2 is 1.54 bits per heavy atom. The Kier molecular flexibility index (Phi) is 7.61. The van der Waals surface area contributed by atoms with E-state index in [9.17, 15) is 0 Å². The summed E-state index contributed by atoms with van der Waals surface area (Å²) in [5, 5.41) is 3.62. The van der Waals surface area contributed by atoms with Gasteiger partial charge in [0.05, 0.1) is 17.5 Å². The standard InChI is InChI=1S/C50H46N2OS/c1-28(2)40-26-44-48-34(19-21-38-39-22-23-45-47(32(6)33(7)54-45)49(39)53-50(38)48)18-20-37-35-15-8-9-16-36(35)42-17-10-11-24-51(42)43(37)25-31(5)52(44)27-41(40)46-29(3)13-12-14-30(46)4/h8-17,19,21-24,26-28,37,43H,5,18,20,25H2,1-4,6-7H3/q+2. The predicted molar refractivity (Wildman–Crippen MR) is 225 cm³/mol. The highest BCUT2D eigenvalue weighted by molar-refractivity contribution is 7.19. The van der Waals surface area contributed by atoms with Gasteiger partial charge in [-0.15, -0.1) is 11.3 Å². The normalized spacial score (nSPS) is 16.7. The fourth-order valence-corrected chi connectivity index (χ4v) is 11.0. The lowest BCUT2D eigenvalue weighted by atomic mass is 9.77. The smallest absolute Gasteiger partial charge is 0.222 e. The molecular formula is C50H46N2OS+2. The zero-order chi connectivity index (χ0) is 37.0. The van der Waals surface area contributed by atoms with Gasteiger partial charge in [-0.25, -0.2) is 0 Å². The molecule has 266 valence electrons. The largest absolute Gasteiger partial charge is 0.454 e. The van der Waals surface area contributed by atoms with Gasteiger partial charge in [0.25, 0.3) is 0 Å². The number of allylic oxidation sites excluding steroid dienone is 1. The summed E-state index contributed by atoms with van der Waals surface area (Å²) in [7, 11) is 0. The van der Waals surface area contributed by atoms with E-state index in [1.807, 2.05) is 11.3 Å². The summed E-state index contributed by atoms with van der Waals surface area (Å²) in [6.07, 6.45) is 7.50. The van der Waals surface area contributed by atoms with Crippen molar-refractivity contribution in [1.82, 2.24) is 0 Å². The maximum atomic E-state index is 7.24. The summed E-state index contributed by atoms with van der Waals surface area (Å²) in [4.78, 5) is 1.35. The topological polar surface area (TPSA) is 20.9 Å². The SMILES string of the molecule is C=C1CC2C(CCc3ccc4c(oc5c4ccc4sc(C)c(C)c45)c3-c3cc(C(C)C)c(-c4c(C)cccc4C)c[n+]31)c1ccccc1-c1cccc[n+]12. The Morgan fingerprint density at radius 1 is 0.778 bits per heavy atom. The molecule has 8 aromatic rings. The van der Waals surface area contributed by atoms with Crippen molar-refractivity contribution >= 4 is 49.1 Å². The average molecular weight is 723 g/mol. The first-order valence-electron chi connectivity index (χ1n) is 19.5. The lowest BCUT2D eigenvalue weighted by molar-refractivity contribution is -0.720. The van der Waals surface area contributed by atoms with Crippen LogP contribution >= 0.6 is 11.3 Å². The third-order valence-corrected chi connectivity index (χ3v) is 13.8. The highest BCUT2D eigenvalue weighted by atomic mass is 32.1. The number of nitrogens with zero attached hydrogens (tertiary/aromatic N) is 2. The van der Waals surface area contributed by atoms with Gasteiger partial charge in [-0.1, -0.05) is 62.4 Å². The number of benzene rings is 4. The van der Waals surface area contributed by atoms with E-state index in [-0.39, 0.29) is 6.04 Å². The molecule has 3 nitrogen and oxygen atoms in total. The van der Waals surface area contributed by atoms with E-state index in [2.05, 4.69) is 154 Å². The van der Waals surface area contributed by atoms with Crippen LogP contribution in [-0.2, 0) is 6.42 Å². The molecule has 2 atom stereocenters. The number of fused-ring (bicyclic) bond motifs is 15. The van der Waals surface area contributed by atoms with Crippen molar-refractivity contribution in [3.05, 3.63) is 148 Å². The summed E-state index contributed by atoms with van der Waals surface area (Å²) < 4.78 is 13.5. The van der Waals surface area contributed by atoms with Crippen molar-refractivity contribution in [2.24, 2.45) is 0 Å². The van der Waals surface area contributed by atoms with Gasteiger partial charge in [-0.05, 0) is 116 Å². The number of hydrogen-bond acceptors (Lipinski definition) is 2. The molecule has 0 saturated carbocycles. The first-order chi connectivity index (χ1) is 26.2. The number of furan rings is 1. The van der Waals surface area contributed by atoms with E-state index in [4.69, 9.17) is 11.0 Å². The zero-order valence-electron chi connectivity index (χ0n) is 32.1. The van der Waals surface area contributed by atoms with E-state index >= 15 is 0 Å². The van der Waals surface area contributed by atoms with Crippen LogP contribution in [-0.4, -0.2) is 0 Å². The quantitative estimate of drug-likeness (QED) is 0.163. The molecule has 0 N–H and O–H groups in total. The third-order valence-electron chi connectivity index (χ3n) is 12.6. The van der Waals surface area contributed by atoms with E-state index in [1.54, 1.807) is 0 Å². The first kappa shape index (κ1) is 33.3. The molecular weight excluding hydrogens is 677 g/mol. The molecule has 4 aromatic heterocycles. The van der Waals surface area contributed by atoms with E-state index < -0.39 is 0 Å². The van der Waals surface area contributed by atoms with Crippen molar-refractivity contribution in [1.29, 1.82) is 0 Å². The molecule has 0 aliphatic carbocycles. The second-order valence-electron chi connectivity index (χ2n) is 16.1. The van der Waals surface area contributed by atoms with Crippen LogP contribution < -0.4 is 9.13 Å². The summed E-state index contributed by atoms with van der Waals surface area (Å²) in [6, 6.07) is 34.4. The van der Waals surface area contributed by atoms with Gasteiger partial charge in [-0.3, -0.25) is 0 Å². The monoisotopic (exact) mass is 722 g/mol. The van der Waals surface area contributed by atoms with Crippen molar-refractivity contribution in [2.75, 3.05) is 0 Å². The second kappa shape index (κ2) is 12.4. The predicted octanol–water partition coefficient (Wildman–Crippen LogP) is 12.9. The van der Waals surface area contributed by atoms with Crippen LogP contribution in [0.1, 0.15) is 82.8 Å². The molecule has 0 saturated heterocycles. The second-order valence-corrected chi connectivity index (χ2v) is 17.3. The molecule has 10 rings (SSSR count). The molecule has 0 radical (unpaired) electrons. The van der Waals surface area contributed by atoms with Crippen molar-refractivity contribution in [3.8, 4) is 33.6 Å². The van der Waals surface area contributed by atoms with Crippen LogP contribution in [0.25, 0.3) is 71.4 Å². The Morgan fingerprint density at radius 3 is 2.35 bits per heavy atom. The first-order valence-corrected chi connectivity index (χ1v) is 20.3. The minimum atomic E-state index is 0.229. The maximum Gasteiger partial charge on any atom is 0.222 e. The van der Waals surface area contributed by atoms with Crippen LogP contribution in [0.3, 0.4) is 0 Å². The highest BCUT2D eigenvalue weighted by Crippen LogP contribution is 2.48. The minimum Gasteiger partial charge on any atom is -0.454 e. The number of aromatic nitrogens is 2. The molecule has 4 heteroatoms. The van der Waals surface area contributed by atoms with E-state index in [1.165, 1.54) is 92.8 Å². The molecule has 54 heavy (non-hydrogen) atoms. The summed E-state index contributed by atoms with van der Waals surface area (Å²) in [5.74, 6) is 0.632. The van der Waals surface area contributed by atoms with Gasteiger partial charge in [0.2, 0.25) is 11.4 Å². The molecule has 0 fully saturated rings. The molecule has 0 bridgehead atoms. The molecule has 2 unspecified atom stereocenters. The number of aryl methyl sites for hydroxylation is 5. The number of pyridine rings is 2. The van der Waals surface area contributed by atoms with Crippen LogP contribution in [0.5, 0.6) is 0 Å². The van der Waals surface area contributed by atoms with Crippen molar-refractivity contribution in [2.45, 2.75) is 78.7 Å². The highest BCUT2D eigenvalue weighted by Gasteiger charge is 2.43. The third kappa shape index (κ3) is 4.85. The van der Waals surface area contributed by atoms with Gasteiger partial charge in [0.15, 0.2) is 24.1 Å². The Hall–Kier alpha value is -5.32. The summed E-state index contributed by atoms with van der Waals surface area (Å²) >= 11 is 1.86. The minimum absolute atomic E-state index is 0.229. The van der Waals surface area contributed by atoms with Gasteiger partial charge >= 0.3 is 0 Å². The van der Waals surface area contributed by atoms with Crippen LogP contribution in [0.4, 0.5) is 0 Å². The Bertz CT molecular complexity index is 2850. The lowest BCUT2D eigenvalue weighted by Crippen LogP contribution is -2.49. The molecule has 6 heterocycles. The maximum absolute atomic E-state index is 7.24. The molecule has 0 spiro atoms. The Balaban J connectivity index is 1.30. The van der Waals surface area contributed by atoms with Crippen molar-refractivity contribution < 1.29 is 13.6 Å². The van der Waals surface area contributed by atoms with Crippen LogP contribution in [0.2, 0.25) is 0 Å². The van der Waals surface area contributed by atoms with E-state index in [0.29, 0.717) is 11.8 Å². The number of rotatable bonds is 2. The summed E-state index contributed by atoms with van der Waals surface area (Å²) in [5.41, 5.74) is 18.7. The fraction of sp³-hybridized carbons (Fsp3) is 0.240. The van der Waals surface area contributed by atoms with Gasteiger partial charge < -0.3 is 4.42 Å². The van der Waals surface area contributed by atoms with Gasteiger partial charge in [-0.2, -0.15) is 9.13 Å². The van der Waals surface area contributed by atoms with Crippen molar-refractivity contribution in [3.63, 3.8) is 0 Å². The lowest BCUT2D eigenvalue weighted by Gasteiger charge is -2.31. The zero-order valence-corrected chi connectivity index (χ0v) is 32.9. The van der Waals surface area contributed by atoms with Gasteiger partial charge in [0, 0.05) is 55.4 Å². The van der Waals surface area contributed by atoms with Crippen LogP contribution in [0.15, 0.2) is 114 Å².